The van der Waals surface area contributed by atoms with E-state index in [1.54, 1.807) is 11.3 Å². The van der Waals surface area contributed by atoms with Crippen molar-refractivity contribution in [3.05, 3.63) is 16.1 Å². The molecule has 0 unspecified atom stereocenters. The highest BCUT2D eigenvalue weighted by Crippen LogP contribution is 2.20. The Morgan fingerprint density at radius 1 is 1.62 bits per heavy atom. The molecule has 0 amide bonds. The second-order valence-electron chi connectivity index (χ2n) is 4.86. The summed E-state index contributed by atoms with van der Waals surface area (Å²) in [6.07, 6.45) is 0. The normalized spacial score (nSPS) is 22.9. The van der Waals surface area contributed by atoms with Gasteiger partial charge in [0.05, 0.1) is 10.7 Å². The van der Waals surface area contributed by atoms with E-state index >= 15 is 0 Å². The zero-order chi connectivity index (χ0) is 11.5. The summed E-state index contributed by atoms with van der Waals surface area (Å²) in [6.45, 7) is 11.0. The highest BCUT2D eigenvalue weighted by Gasteiger charge is 2.18. The van der Waals surface area contributed by atoms with Crippen LogP contribution in [0, 0.1) is 0 Å². The molecule has 1 fully saturated rings. The van der Waals surface area contributed by atoms with E-state index in [0.29, 0.717) is 12.0 Å². The first-order valence-corrected chi connectivity index (χ1v) is 6.94. The third-order valence-corrected chi connectivity index (χ3v) is 4.26. The summed E-state index contributed by atoms with van der Waals surface area (Å²) in [7, 11) is 0. The van der Waals surface area contributed by atoms with Gasteiger partial charge in [-0.1, -0.05) is 13.8 Å². The van der Waals surface area contributed by atoms with Crippen LogP contribution in [-0.2, 0) is 6.54 Å². The monoisotopic (exact) mass is 239 g/mol. The zero-order valence-corrected chi connectivity index (χ0v) is 11.2. The van der Waals surface area contributed by atoms with Gasteiger partial charge < -0.3 is 5.32 Å². The molecule has 1 atom stereocenters. The van der Waals surface area contributed by atoms with Crippen LogP contribution in [0.2, 0.25) is 0 Å². The van der Waals surface area contributed by atoms with Gasteiger partial charge in [0.25, 0.3) is 0 Å². The molecule has 0 bridgehead atoms. The van der Waals surface area contributed by atoms with Crippen LogP contribution in [0.15, 0.2) is 5.38 Å². The van der Waals surface area contributed by atoms with Crippen molar-refractivity contribution in [2.75, 3.05) is 19.6 Å². The second-order valence-corrected chi connectivity index (χ2v) is 5.75. The van der Waals surface area contributed by atoms with Crippen LogP contribution < -0.4 is 5.32 Å². The summed E-state index contributed by atoms with van der Waals surface area (Å²) in [4.78, 5) is 7.20. The Balaban J connectivity index is 1.97. The van der Waals surface area contributed by atoms with Crippen LogP contribution in [0.5, 0.6) is 0 Å². The standard InChI is InChI=1S/C12H21N3S/c1-9(2)12-14-11(8-16-12)7-15-5-4-13-6-10(15)3/h8-10,13H,4-7H2,1-3H3/t10-/m0/s1. The Labute approximate surface area is 102 Å². The van der Waals surface area contributed by atoms with Crippen molar-refractivity contribution >= 4 is 11.3 Å². The van der Waals surface area contributed by atoms with E-state index in [4.69, 9.17) is 4.98 Å². The molecule has 1 aromatic heterocycles. The van der Waals surface area contributed by atoms with Crippen LogP contribution in [0.25, 0.3) is 0 Å². The van der Waals surface area contributed by atoms with Crippen LogP contribution in [0.4, 0.5) is 0 Å². The van der Waals surface area contributed by atoms with Gasteiger partial charge in [0.2, 0.25) is 0 Å². The Kier molecular flexibility index (Phi) is 3.95. The lowest BCUT2D eigenvalue weighted by Gasteiger charge is -2.33. The number of thiazole rings is 1. The van der Waals surface area contributed by atoms with Crippen LogP contribution in [-0.4, -0.2) is 35.6 Å². The fourth-order valence-electron chi connectivity index (χ4n) is 1.99. The molecule has 2 heterocycles. The van der Waals surface area contributed by atoms with Crippen molar-refractivity contribution in [2.24, 2.45) is 0 Å². The van der Waals surface area contributed by atoms with Crippen LogP contribution in [0.1, 0.15) is 37.4 Å². The lowest BCUT2D eigenvalue weighted by atomic mass is 10.2. The van der Waals surface area contributed by atoms with E-state index in [1.807, 2.05) is 0 Å². The molecule has 2 rings (SSSR count). The first-order chi connectivity index (χ1) is 7.66. The lowest BCUT2D eigenvalue weighted by molar-refractivity contribution is 0.164. The van der Waals surface area contributed by atoms with Crippen molar-refractivity contribution in [3.8, 4) is 0 Å². The molecule has 0 aliphatic carbocycles. The Bertz CT molecular complexity index is 335. The highest BCUT2D eigenvalue weighted by atomic mass is 32.1. The van der Waals surface area contributed by atoms with Gasteiger partial charge in [0.15, 0.2) is 0 Å². The number of aromatic nitrogens is 1. The average Bonchev–Trinajstić information content (AvgIpc) is 2.70. The molecule has 0 saturated carbocycles. The first kappa shape index (κ1) is 12.0. The van der Waals surface area contributed by atoms with E-state index in [2.05, 4.69) is 36.4 Å². The van der Waals surface area contributed by atoms with Gasteiger partial charge in [-0.15, -0.1) is 11.3 Å². The number of nitrogens with zero attached hydrogens (tertiary/aromatic N) is 2. The first-order valence-electron chi connectivity index (χ1n) is 6.06. The van der Waals surface area contributed by atoms with Crippen molar-refractivity contribution in [2.45, 2.75) is 39.3 Å². The quantitative estimate of drug-likeness (QED) is 0.875. The topological polar surface area (TPSA) is 28.2 Å². The third kappa shape index (κ3) is 2.81. The minimum absolute atomic E-state index is 0.555. The minimum atomic E-state index is 0.555. The van der Waals surface area contributed by atoms with Crippen molar-refractivity contribution in [1.82, 2.24) is 15.2 Å². The molecule has 90 valence electrons. The molecular weight excluding hydrogens is 218 g/mol. The number of piperazine rings is 1. The van der Waals surface area contributed by atoms with E-state index in [0.717, 1.165) is 26.2 Å². The van der Waals surface area contributed by atoms with Gasteiger partial charge in [-0.3, -0.25) is 4.90 Å². The maximum Gasteiger partial charge on any atom is 0.0954 e. The number of nitrogens with one attached hydrogen (secondary N) is 1. The van der Waals surface area contributed by atoms with E-state index < -0.39 is 0 Å². The molecule has 1 N–H and O–H groups in total. The number of hydrogen-bond acceptors (Lipinski definition) is 4. The summed E-state index contributed by atoms with van der Waals surface area (Å²) in [5, 5.41) is 6.89. The summed E-state index contributed by atoms with van der Waals surface area (Å²) in [6, 6.07) is 0.623. The predicted octanol–water partition coefficient (Wildman–Crippen LogP) is 2.06. The van der Waals surface area contributed by atoms with Gasteiger partial charge >= 0.3 is 0 Å². The fourth-order valence-corrected chi connectivity index (χ4v) is 2.81. The smallest absolute Gasteiger partial charge is 0.0954 e. The molecule has 0 spiro atoms. The van der Waals surface area contributed by atoms with E-state index in [1.165, 1.54) is 10.7 Å². The summed E-state index contributed by atoms with van der Waals surface area (Å²) in [5.41, 5.74) is 1.24. The Morgan fingerprint density at radius 2 is 2.44 bits per heavy atom. The largest absolute Gasteiger partial charge is 0.314 e. The number of rotatable bonds is 3. The molecule has 0 radical (unpaired) electrons. The molecule has 3 nitrogen and oxygen atoms in total. The highest BCUT2D eigenvalue weighted by molar-refractivity contribution is 7.09. The van der Waals surface area contributed by atoms with Gasteiger partial charge in [-0.25, -0.2) is 4.98 Å². The lowest BCUT2D eigenvalue weighted by Crippen LogP contribution is -2.49. The van der Waals surface area contributed by atoms with Crippen molar-refractivity contribution in [3.63, 3.8) is 0 Å². The maximum absolute atomic E-state index is 4.69. The van der Waals surface area contributed by atoms with Gasteiger partial charge in [-0.2, -0.15) is 0 Å². The maximum atomic E-state index is 4.69. The predicted molar refractivity (Wildman–Crippen MR) is 68.9 cm³/mol. The molecule has 1 aliphatic rings. The van der Waals surface area contributed by atoms with Crippen LogP contribution >= 0.6 is 11.3 Å². The van der Waals surface area contributed by atoms with E-state index in [-0.39, 0.29) is 0 Å². The Morgan fingerprint density at radius 3 is 3.06 bits per heavy atom. The van der Waals surface area contributed by atoms with Crippen molar-refractivity contribution in [1.29, 1.82) is 0 Å². The third-order valence-electron chi connectivity index (χ3n) is 3.07. The van der Waals surface area contributed by atoms with E-state index in [9.17, 15) is 0 Å². The van der Waals surface area contributed by atoms with Gasteiger partial charge in [0, 0.05) is 43.5 Å². The Hall–Kier alpha value is -0.450. The molecule has 16 heavy (non-hydrogen) atoms. The molecule has 4 heteroatoms. The minimum Gasteiger partial charge on any atom is -0.314 e. The molecular formula is C12H21N3S. The molecule has 1 aliphatic heterocycles. The van der Waals surface area contributed by atoms with Crippen LogP contribution in [0.3, 0.4) is 0 Å². The second kappa shape index (κ2) is 5.25. The SMILES string of the molecule is CC(C)c1nc(CN2CCNC[C@@H]2C)cs1. The molecule has 1 saturated heterocycles. The summed E-state index contributed by atoms with van der Waals surface area (Å²) < 4.78 is 0. The van der Waals surface area contributed by atoms with Gasteiger partial charge in [0.1, 0.15) is 0 Å². The zero-order valence-electron chi connectivity index (χ0n) is 10.4. The molecule has 0 aromatic carbocycles. The van der Waals surface area contributed by atoms with Crippen molar-refractivity contribution < 1.29 is 0 Å². The van der Waals surface area contributed by atoms with Gasteiger partial charge in [-0.05, 0) is 6.92 Å². The summed E-state index contributed by atoms with van der Waals surface area (Å²) >= 11 is 1.79. The summed E-state index contributed by atoms with van der Waals surface area (Å²) in [5.74, 6) is 0.555. The molecule has 1 aromatic rings. The fraction of sp³-hybridized carbons (Fsp3) is 0.750. The number of hydrogen-bond donors (Lipinski definition) is 1. The average molecular weight is 239 g/mol.